The number of hydrogen-bond donors (Lipinski definition) is 1. The molecule has 4 aliphatic carbocycles. The van der Waals surface area contributed by atoms with E-state index in [0.29, 0.717) is 23.5 Å². The Labute approximate surface area is 138 Å². The van der Waals surface area contributed by atoms with E-state index in [1.54, 1.807) is 0 Å². The second kappa shape index (κ2) is 4.86. The quantitative estimate of drug-likeness (QED) is 0.524. The van der Waals surface area contributed by atoms with Crippen LogP contribution in [0.3, 0.4) is 0 Å². The summed E-state index contributed by atoms with van der Waals surface area (Å²) in [6, 6.07) is 0. The third-order valence-corrected chi connectivity index (χ3v) is 7.25. The van der Waals surface area contributed by atoms with Crippen molar-refractivity contribution in [3.05, 3.63) is 47.8 Å². The Morgan fingerprint density at radius 2 is 2.09 bits per heavy atom. The van der Waals surface area contributed by atoms with Gasteiger partial charge in [0.2, 0.25) is 0 Å². The minimum absolute atomic E-state index is 0.0284. The zero-order valence-electron chi connectivity index (χ0n) is 13.9. The summed E-state index contributed by atoms with van der Waals surface area (Å²) < 4.78 is 0. The normalized spacial score (nSPS) is 48.1. The first kappa shape index (κ1) is 14.8. The van der Waals surface area contributed by atoms with Gasteiger partial charge in [0.05, 0.1) is 12.0 Å². The monoisotopic (exact) mass is 308 g/mol. The molecular weight excluding hydrogens is 284 g/mol. The Morgan fingerprint density at radius 1 is 1.26 bits per heavy atom. The molecule has 4 aliphatic rings. The molecule has 2 saturated carbocycles. The van der Waals surface area contributed by atoms with Gasteiger partial charge in [0.15, 0.2) is 0 Å². The van der Waals surface area contributed by atoms with E-state index < -0.39 is 0 Å². The van der Waals surface area contributed by atoms with Crippen molar-refractivity contribution < 1.29 is 5.11 Å². The van der Waals surface area contributed by atoms with Gasteiger partial charge < -0.3 is 5.11 Å². The molecule has 0 unspecified atom stereocenters. The van der Waals surface area contributed by atoms with Gasteiger partial charge >= 0.3 is 0 Å². The molecule has 0 aromatic rings. The third-order valence-electron chi connectivity index (χ3n) is 7.25. The van der Waals surface area contributed by atoms with Gasteiger partial charge in [-0.1, -0.05) is 32.1 Å². The van der Waals surface area contributed by atoms with Gasteiger partial charge in [-0.2, -0.15) is 0 Å². The average Bonchev–Trinajstić information content (AvgIpc) is 2.90. The van der Waals surface area contributed by atoms with E-state index in [1.807, 2.05) is 12.2 Å². The molecule has 2 radical (unpaired) electrons. The maximum absolute atomic E-state index is 9.62. The molecule has 0 spiro atoms. The standard InChI is InChI=1S/C20H24N2O/c1-19-9-7-15(22-21)11-13(19)3-5-16-17-6-4-14(12-23)20(17,2)10-8-18(16)19/h3,5,7,9,11-12,16-18,23H,4,6,8,10H2,1-2H3/t16-,17-,18-,19-,20+/m0/s1. The van der Waals surface area contributed by atoms with Crippen molar-refractivity contribution >= 4 is 5.71 Å². The SMILES string of the molecule is C[C@]12C=CC(=N[N])C=C1C=C[C@@H]1[C@@H]2CC[C@]2(C)C(=CO)CC[C@@H]12. The largest absolute Gasteiger partial charge is 0.516 e. The third kappa shape index (κ3) is 1.85. The first-order chi connectivity index (χ1) is 11.0. The van der Waals surface area contributed by atoms with Crippen molar-refractivity contribution in [3.63, 3.8) is 0 Å². The van der Waals surface area contributed by atoms with Crippen LogP contribution < -0.4 is 5.84 Å². The molecule has 4 rings (SSSR count). The molecule has 5 atom stereocenters. The van der Waals surface area contributed by atoms with Crippen LogP contribution in [0.5, 0.6) is 0 Å². The van der Waals surface area contributed by atoms with Gasteiger partial charge in [0, 0.05) is 5.41 Å². The van der Waals surface area contributed by atoms with Gasteiger partial charge in [-0.25, -0.2) is 0 Å². The fraction of sp³-hybridized carbons (Fsp3) is 0.550. The molecule has 3 heteroatoms. The fourth-order valence-electron chi connectivity index (χ4n) is 5.78. The maximum Gasteiger partial charge on any atom is 0.0875 e. The van der Waals surface area contributed by atoms with Crippen LogP contribution in [0.4, 0.5) is 0 Å². The van der Waals surface area contributed by atoms with Crippen LogP contribution in [0.15, 0.2) is 52.9 Å². The van der Waals surface area contributed by atoms with Crippen LogP contribution in [-0.2, 0) is 0 Å². The van der Waals surface area contributed by atoms with Crippen LogP contribution in [0.2, 0.25) is 0 Å². The molecule has 3 nitrogen and oxygen atoms in total. The van der Waals surface area contributed by atoms with Crippen molar-refractivity contribution in [2.45, 2.75) is 39.5 Å². The predicted octanol–water partition coefficient (Wildman–Crippen LogP) is 4.37. The van der Waals surface area contributed by atoms with Gasteiger partial charge in [0.1, 0.15) is 0 Å². The summed E-state index contributed by atoms with van der Waals surface area (Å²) in [6.07, 6.45) is 16.7. The molecule has 120 valence electrons. The van der Waals surface area contributed by atoms with Crippen molar-refractivity contribution in [3.8, 4) is 0 Å². The lowest BCUT2D eigenvalue weighted by atomic mass is 9.50. The van der Waals surface area contributed by atoms with Crippen LogP contribution >= 0.6 is 0 Å². The Balaban J connectivity index is 1.76. The number of allylic oxidation sites excluding steroid dienone is 7. The van der Waals surface area contributed by atoms with Crippen LogP contribution in [0, 0.1) is 28.6 Å². The van der Waals surface area contributed by atoms with E-state index in [0.717, 1.165) is 12.8 Å². The summed E-state index contributed by atoms with van der Waals surface area (Å²) >= 11 is 0. The summed E-state index contributed by atoms with van der Waals surface area (Å²) in [4.78, 5) is 0. The Kier molecular flexibility index (Phi) is 3.13. The fourth-order valence-corrected chi connectivity index (χ4v) is 5.78. The summed E-state index contributed by atoms with van der Waals surface area (Å²) in [5.74, 6) is 10.8. The summed E-state index contributed by atoms with van der Waals surface area (Å²) in [6.45, 7) is 4.67. The minimum Gasteiger partial charge on any atom is -0.516 e. The zero-order valence-corrected chi connectivity index (χ0v) is 13.9. The van der Waals surface area contributed by atoms with Gasteiger partial charge in [0.25, 0.3) is 0 Å². The van der Waals surface area contributed by atoms with Crippen molar-refractivity contribution in [2.75, 3.05) is 0 Å². The molecular formula is C20H24N2O. The smallest absolute Gasteiger partial charge is 0.0875 e. The summed E-state index contributed by atoms with van der Waals surface area (Å²) in [7, 11) is 0. The molecule has 0 aromatic carbocycles. The molecule has 0 bridgehead atoms. The lowest BCUT2D eigenvalue weighted by Crippen LogP contribution is -2.46. The van der Waals surface area contributed by atoms with Crippen LogP contribution in [0.25, 0.3) is 0 Å². The molecule has 1 N–H and O–H groups in total. The maximum atomic E-state index is 9.62. The number of rotatable bonds is 0. The topological polar surface area (TPSA) is 54.9 Å². The highest BCUT2D eigenvalue weighted by molar-refractivity contribution is 6.05. The highest BCUT2D eigenvalue weighted by atomic mass is 16.2. The van der Waals surface area contributed by atoms with E-state index >= 15 is 0 Å². The second-order valence-electron chi connectivity index (χ2n) is 8.04. The first-order valence-electron chi connectivity index (χ1n) is 8.68. The molecule has 0 amide bonds. The van der Waals surface area contributed by atoms with E-state index in [1.165, 1.54) is 30.2 Å². The Morgan fingerprint density at radius 3 is 2.83 bits per heavy atom. The lowest BCUT2D eigenvalue weighted by molar-refractivity contribution is 0.0423. The van der Waals surface area contributed by atoms with Crippen molar-refractivity contribution in [1.29, 1.82) is 0 Å². The number of aliphatic hydroxyl groups is 1. The van der Waals surface area contributed by atoms with E-state index in [2.05, 4.69) is 37.2 Å². The van der Waals surface area contributed by atoms with Gasteiger partial charge in [-0.05, 0) is 78.0 Å². The van der Waals surface area contributed by atoms with Crippen molar-refractivity contribution in [2.24, 2.45) is 33.7 Å². The van der Waals surface area contributed by atoms with Gasteiger partial charge in [-0.3, -0.25) is 0 Å². The zero-order chi connectivity index (χ0) is 16.2. The van der Waals surface area contributed by atoms with Crippen LogP contribution in [-0.4, -0.2) is 10.8 Å². The van der Waals surface area contributed by atoms with Crippen molar-refractivity contribution in [1.82, 2.24) is 5.84 Å². The number of aliphatic hydroxyl groups excluding tert-OH is 1. The average molecular weight is 308 g/mol. The molecule has 0 heterocycles. The molecule has 23 heavy (non-hydrogen) atoms. The molecule has 0 aromatic heterocycles. The highest BCUT2D eigenvalue weighted by Gasteiger charge is 2.55. The Bertz CT molecular complexity index is 684. The number of hydrogen-bond acceptors (Lipinski definition) is 2. The lowest BCUT2D eigenvalue weighted by Gasteiger charge is -2.54. The Hall–Kier alpha value is -1.77. The summed E-state index contributed by atoms with van der Waals surface area (Å²) in [5, 5.41) is 13.0. The molecule has 2 fully saturated rings. The second-order valence-corrected chi connectivity index (χ2v) is 8.04. The minimum atomic E-state index is 0.0284. The predicted molar refractivity (Wildman–Crippen MR) is 91.8 cm³/mol. The number of fused-ring (bicyclic) bond motifs is 5. The molecule has 0 aliphatic heterocycles. The van der Waals surface area contributed by atoms with E-state index in [9.17, 15) is 5.11 Å². The highest BCUT2D eigenvalue weighted by Crippen LogP contribution is 2.64. The number of nitrogens with zero attached hydrogens (tertiary/aromatic N) is 2. The van der Waals surface area contributed by atoms with E-state index in [4.69, 9.17) is 5.84 Å². The van der Waals surface area contributed by atoms with Crippen LogP contribution in [0.1, 0.15) is 39.5 Å². The molecule has 0 saturated heterocycles. The van der Waals surface area contributed by atoms with E-state index in [-0.39, 0.29) is 10.8 Å². The van der Waals surface area contributed by atoms with Gasteiger partial charge in [-0.15, -0.1) is 5.10 Å². The summed E-state index contributed by atoms with van der Waals surface area (Å²) in [5.41, 5.74) is 3.32. The first-order valence-corrected chi connectivity index (χ1v) is 8.68.